The third-order valence-corrected chi connectivity index (χ3v) is 9.32. The van der Waals surface area contributed by atoms with Crippen LogP contribution in [0.25, 0.3) is 11.1 Å². The molecule has 6 rings (SSSR count). The Morgan fingerprint density at radius 3 is 2.26 bits per heavy atom. The predicted molar refractivity (Wildman–Crippen MR) is 165 cm³/mol. The van der Waals surface area contributed by atoms with Gasteiger partial charge in [-0.2, -0.15) is 31.4 Å². The molecule has 15 heteroatoms. The summed E-state index contributed by atoms with van der Waals surface area (Å²) in [7, 11) is 0. The number of nitrogens with zero attached hydrogens (tertiary/aromatic N) is 5. The molecular weight excluding hydrogens is 659 g/mol. The summed E-state index contributed by atoms with van der Waals surface area (Å²) in [5.41, 5.74) is 1.36. The molecule has 3 aromatic rings. The van der Waals surface area contributed by atoms with Crippen LogP contribution in [0.1, 0.15) is 41.4 Å². The summed E-state index contributed by atoms with van der Waals surface area (Å²) in [5, 5.41) is 13.7. The molecule has 3 unspecified atom stereocenters. The Morgan fingerprint density at radius 1 is 0.957 bits per heavy atom. The van der Waals surface area contributed by atoms with E-state index in [9.17, 15) is 36.2 Å². The van der Waals surface area contributed by atoms with Crippen LogP contribution >= 0.6 is 24.0 Å². The lowest BCUT2D eigenvalue weighted by Gasteiger charge is -2.37. The van der Waals surface area contributed by atoms with E-state index in [2.05, 4.69) is 14.9 Å². The zero-order valence-electron chi connectivity index (χ0n) is 24.6. The first kappa shape index (κ1) is 34.2. The number of piperazine rings is 1. The predicted octanol–water partition coefficient (Wildman–Crippen LogP) is 7.50. The third kappa shape index (κ3) is 7.21. The maximum Gasteiger partial charge on any atom is 0.433 e. The summed E-state index contributed by atoms with van der Waals surface area (Å²) in [6.45, 7) is 4.05. The molecule has 2 saturated heterocycles. The number of halogens is 8. The molecule has 3 atom stereocenters. The molecule has 3 aliphatic rings. The molecule has 0 radical (unpaired) electrons. The number of aromatic carboxylic acids is 1. The Morgan fingerprint density at radius 2 is 1.65 bits per heavy atom. The van der Waals surface area contributed by atoms with E-state index in [1.54, 1.807) is 12.1 Å². The number of rotatable bonds is 7. The topological polar surface area (TPSA) is 64.8 Å². The molecule has 3 fully saturated rings. The Labute approximate surface area is 273 Å². The Kier molecular flexibility index (Phi) is 9.77. The van der Waals surface area contributed by atoms with Crippen LogP contribution in [0.2, 0.25) is 5.02 Å². The fraction of sp³-hybridized carbons (Fsp3) is 0.484. The molecular formula is C31H33Cl2F6N5O2. The van der Waals surface area contributed by atoms with Crippen LogP contribution in [0, 0.1) is 11.8 Å². The lowest BCUT2D eigenvalue weighted by molar-refractivity contribution is -0.151. The van der Waals surface area contributed by atoms with E-state index in [-0.39, 0.29) is 31.3 Å². The van der Waals surface area contributed by atoms with Gasteiger partial charge < -0.3 is 14.9 Å². The Bertz CT molecular complexity index is 1540. The summed E-state index contributed by atoms with van der Waals surface area (Å²) in [4.78, 5) is 17.8. The zero-order valence-corrected chi connectivity index (χ0v) is 26.1. The zero-order chi connectivity index (χ0) is 32.1. The standard InChI is InChI=1S/C31H32ClF6N5O2.ClH/c32-21-5-8-24(19-3-6-22(7-4-19)41-12-10-40(11-13-41)17-20-14-26(20)30(33,34)35)27(15-21)42-9-1-2-23(18-42)43-28(31(36,37)38)25(16-39-43)29(44)45;/h3-8,15-16,20,23,26H,1-2,9-14,17-18H2,(H,44,45);1H. The highest BCUT2D eigenvalue weighted by molar-refractivity contribution is 6.31. The second kappa shape index (κ2) is 13.2. The largest absolute Gasteiger partial charge is 0.478 e. The summed E-state index contributed by atoms with van der Waals surface area (Å²) >= 11 is 6.38. The van der Waals surface area contributed by atoms with E-state index in [0.717, 1.165) is 33.4 Å². The minimum Gasteiger partial charge on any atom is -0.478 e. The van der Waals surface area contributed by atoms with Gasteiger partial charge in [-0.15, -0.1) is 12.4 Å². The highest BCUT2D eigenvalue weighted by atomic mass is 35.5. The molecule has 0 amide bonds. The van der Waals surface area contributed by atoms with Gasteiger partial charge in [0.25, 0.3) is 0 Å². The van der Waals surface area contributed by atoms with E-state index < -0.39 is 41.5 Å². The van der Waals surface area contributed by atoms with Crippen LogP contribution in [-0.4, -0.2) is 77.7 Å². The van der Waals surface area contributed by atoms with Crippen LogP contribution in [0.5, 0.6) is 0 Å². The van der Waals surface area contributed by atoms with Gasteiger partial charge >= 0.3 is 18.3 Å². The summed E-state index contributed by atoms with van der Waals surface area (Å²) in [5.74, 6) is -3.14. The Balaban J connectivity index is 0.00000417. The average Bonchev–Trinajstić information content (AvgIpc) is 3.62. The first-order chi connectivity index (χ1) is 21.3. The maximum atomic E-state index is 13.9. The number of hydrogen-bond donors (Lipinski definition) is 1. The van der Waals surface area contributed by atoms with Crippen molar-refractivity contribution in [3.05, 3.63) is 64.9 Å². The summed E-state index contributed by atoms with van der Waals surface area (Å²) in [6.07, 6.45) is -7.03. The van der Waals surface area contributed by atoms with Crippen molar-refractivity contribution in [3.63, 3.8) is 0 Å². The van der Waals surface area contributed by atoms with E-state index in [1.807, 2.05) is 35.2 Å². The number of carboxylic acids is 1. The van der Waals surface area contributed by atoms with Crippen molar-refractivity contribution in [2.45, 2.75) is 37.7 Å². The van der Waals surface area contributed by atoms with Crippen LogP contribution in [0.3, 0.4) is 0 Å². The molecule has 0 spiro atoms. The van der Waals surface area contributed by atoms with Gasteiger partial charge in [0.15, 0.2) is 5.69 Å². The van der Waals surface area contributed by atoms with Crippen molar-refractivity contribution in [1.29, 1.82) is 0 Å². The second-order valence-corrected chi connectivity index (χ2v) is 12.5. The molecule has 3 heterocycles. The van der Waals surface area contributed by atoms with Gasteiger partial charge in [0, 0.05) is 67.8 Å². The summed E-state index contributed by atoms with van der Waals surface area (Å²) < 4.78 is 81.2. The van der Waals surface area contributed by atoms with Gasteiger partial charge in [0.05, 0.1) is 18.2 Å². The van der Waals surface area contributed by atoms with Crippen LogP contribution in [0.15, 0.2) is 48.7 Å². The highest BCUT2D eigenvalue weighted by Crippen LogP contribution is 2.50. The van der Waals surface area contributed by atoms with E-state index >= 15 is 0 Å². The number of aromatic nitrogens is 2. The van der Waals surface area contributed by atoms with Crippen molar-refractivity contribution >= 4 is 41.4 Å². The van der Waals surface area contributed by atoms with E-state index in [4.69, 9.17) is 11.6 Å². The monoisotopic (exact) mass is 691 g/mol. The molecule has 0 bridgehead atoms. The van der Waals surface area contributed by atoms with Crippen molar-refractivity contribution in [2.24, 2.45) is 11.8 Å². The number of hydrogen-bond acceptors (Lipinski definition) is 5. The highest BCUT2D eigenvalue weighted by Gasteiger charge is 2.55. The van der Waals surface area contributed by atoms with Crippen LogP contribution in [0.4, 0.5) is 37.7 Å². The van der Waals surface area contributed by atoms with Crippen LogP contribution < -0.4 is 9.80 Å². The smallest absolute Gasteiger partial charge is 0.433 e. The normalized spacial score (nSPS) is 22.5. The lowest BCUT2D eigenvalue weighted by Crippen LogP contribution is -2.47. The summed E-state index contributed by atoms with van der Waals surface area (Å²) in [6, 6.07) is 12.7. The van der Waals surface area contributed by atoms with Crippen LogP contribution in [-0.2, 0) is 6.18 Å². The number of piperidine rings is 1. The quantitative estimate of drug-likeness (QED) is 0.259. The van der Waals surface area contributed by atoms with E-state index in [0.29, 0.717) is 57.1 Å². The molecule has 1 saturated carbocycles. The van der Waals surface area contributed by atoms with Crippen molar-refractivity contribution in [1.82, 2.24) is 14.7 Å². The average molecular weight is 693 g/mol. The van der Waals surface area contributed by atoms with Crippen molar-refractivity contribution < 1.29 is 36.2 Å². The molecule has 7 nitrogen and oxygen atoms in total. The van der Waals surface area contributed by atoms with Gasteiger partial charge in [0.2, 0.25) is 0 Å². The number of carboxylic acid groups (broad SMARTS) is 1. The van der Waals surface area contributed by atoms with Gasteiger partial charge in [-0.3, -0.25) is 9.58 Å². The molecule has 250 valence electrons. The second-order valence-electron chi connectivity index (χ2n) is 12.0. The minimum atomic E-state index is -4.88. The first-order valence-electron chi connectivity index (χ1n) is 14.9. The van der Waals surface area contributed by atoms with Crippen molar-refractivity contribution in [3.8, 4) is 11.1 Å². The molecule has 1 N–H and O–H groups in total. The fourth-order valence-electron chi connectivity index (χ4n) is 6.68. The number of alkyl halides is 6. The third-order valence-electron chi connectivity index (χ3n) is 9.09. The van der Waals surface area contributed by atoms with Gasteiger partial charge in [-0.1, -0.05) is 29.8 Å². The van der Waals surface area contributed by atoms with Gasteiger partial charge in [0.1, 0.15) is 5.56 Å². The number of anilines is 2. The molecule has 2 aliphatic heterocycles. The maximum absolute atomic E-state index is 13.9. The molecule has 1 aliphatic carbocycles. The van der Waals surface area contributed by atoms with Gasteiger partial charge in [-0.25, -0.2) is 4.79 Å². The lowest BCUT2D eigenvalue weighted by atomic mass is 9.99. The SMILES string of the molecule is Cl.O=C(O)c1cnn(C2CCCN(c3cc(Cl)ccc3-c3ccc(N4CCN(CC5CC5C(F)(F)F)CC4)cc3)C2)c1C(F)(F)F. The molecule has 2 aromatic carbocycles. The Hall–Kier alpha value is -3.16. The van der Waals surface area contributed by atoms with E-state index in [1.165, 1.54) is 0 Å². The fourth-order valence-corrected chi connectivity index (χ4v) is 6.85. The molecule has 46 heavy (non-hydrogen) atoms. The van der Waals surface area contributed by atoms with Crippen molar-refractivity contribution in [2.75, 3.05) is 55.6 Å². The number of benzene rings is 2. The molecule has 1 aromatic heterocycles. The number of carbonyl (C=O) groups is 1. The minimum absolute atomic E-state index is 0. The first-order valence-corrected chi connectivity index (χ1v) is 15.2. The van der Waals surface area contributed by atoms with Gasteiger partial charge in [-0.05, 0) is 55.0 Å².